The van der Waals surface area contributed by atoms with Crippen LogP contribution in [0.3, 0.4) is 0 Å². The molecule has 1 amide bonds. The van der Waals surface area contributed by atoms with Crippen molar-refractivity contribution in [3.63, 3.8) is 0 Å². The minimum absolute atomic E-state index is 0.148. The molecule has 0 aromatic carbocycles. The largest absolute Gasteiger partial charge is 0.379 e. The average Bonchev–Trinajstić information content (AvgIpc) is 3.12. The Balaban J connectivity index is 1.25. The van der Waals surface area contributed by atoms with Gasteiger partial charge in [0, 0.05) is 37.8 Å². The number of hydrogen-bond acceptors (Lipinski definition) is 5. The first-order chi connectivity index (χ1) is 11.8. The molecule has 0 radical (unpaired) electrons. The highest BCUT2D eigenvalue weighted by molar-refractivity contribution is 5.94. The molecule has 0 bridgehead atoms. The summed E-state index contributed by atoms with van der Waals surface area (Å²) in [6.07, 6.45) is 5.24. The predicted octanol–water partition coefficient (Wildman–Crippen LogP) is 0.544. The summed E-state index contributed by atoms with van der Waals surface area (Å²) in [7, 11) is 0. The van der Waals surface area contributed by atoms with Gasteiger partial charge in [0.2, 0.25) is 5.91 Å². The fraction of sp³-hybridized carbons (Fsp3) is 0.765. The van der Waals surface area contributed by atoms with E-state index < -0.39 is 0 Å². The van der Waals surface area contributed by atoms with Crippen molar-refractivity contribution in [3.8, 4) is 0 Å². The lowest BCUT2D eigenvalue weighted by Gasteiger charge is -2.26. The number of carbonyl (C=O) groups is 1. The standard InChI is InChI=1S/C17H27N5O2/c23-16(14-13-17(14)2-4-18-5-3-17)19-15-1-6-22(20-15)8-7-21-9-11-24-12-10-21/h1,6,14,18H,2-5,7-13H2,(H,19,20,23). The molecule has 2 saturated heterocycles. The molecule has 1 atom stereocenters. The second-order valence-corrected chi connectivity index (χ2v) is 7.28. The molecule has 3 fully saturated rings. The number of carbonyl (C=O) groups excluding carboxylic acids is 1. The van der Waals surface area contributed by atoms with Gasteiger partial charge in [0.15, 0.2) is 5.82 Å². The topological polar surface area (TPSA) is 71.4 Å². The molecule has 7 nitrogen and oxygen atoms in total. The van der Waals surface area contributed by atoms with Gasteiger partial charge in [-0.3, -0.25) is 14.4 Å². The molecule has 7 heteroatoms. The zero-order chi connectivity index (χ0) is 16.4. The van der Waals surface area contributed by atoms with Crippen LogP contribution < -0.4 is 10.6 Å². The van der Waals surface area contributed by atoms with Crippen LogP contribution in [0.15, 0.2) is 12.3 Å². The maximum Gasteiger partial charge on any atom is 0.229 e. The van der Waals surface area contributed by atoms with Gasteiger partial charge in [-0.2, -0.15) is 5.10 Å². The number of morpholine rings is 1. The van der Waals surface area contributed by atoms with E-state index in [-0.39, 0.29) is 17.2 Å². The lowest BCUT2D eigenvalue weighted by molar-refractivity contribution is -0.118. The highest BCUT2D eigenvalue weighted by Crippen LogP contribution is 2.58. The molecule has 24 heavy (non-hydrogen) atoms. The van der Waals surface area contributed by atoms with Crippen LogP contribution in [0.1, 0.15) is 19.3 Å². The fourth-order valence-corrected chi connectivity index (χ4v) is 4.03. The van der Waals surface area contributed by atoms with Crippen LogP contribution in [0.2, 0.25) is 0 Å². The Morgan fingerprint density at radius 3 is 2.92 bits per heavy atom. The van der Waals surface area contributed by atoms with Crippen molar-refractivity contribution in [2.45, 2.75) is 25.8 Å². The van der Waals surface area contributed by atoms with Crippen molar-refractivity contribution in [1.29, 1.82) is 0 Å². The van der Waals surface area contributed by atoms with Crippen LogP contribution >= 0.6 is 0 Å². The summed E-state index contributed by atoms with van der Waals surface area (Å²) < 4.78 is 7.27. The Labute approximate surface area is 142 Å². The molecule has 3 heterocycles. The number of anilines is 1. The molecule has 4 rings (SSSR count). The third-order valence-corrected chi connectivity index (χ3v) is 5.75. The number of rotatable bonds is 5. The fourth-order valence-electron chi connectivity index (χ4n) is 4.03. The normalized spacial score (nSPS) is 26.4. The number of nitrogens with one attached hydrogen (secondary N) is 2. The molecule has 1 aromatic rings. The minimum Gasteiger partial charge on any atom is -0.379 e. The monoisotopic (exact) mass is 333 g/mol. The number of piperidine rings is 1. The Kier molecular flexibility index (Phi) is 4.56. The van der Waals surface area contributed by atoms with Gasteiger partial charge in [-0.05, 0) is 37.8 Å². The van der Waals surface area contributed by atoms with Gasteiger partial charge in [-0.15, -0.1) is 0 Å². The van der Waals surface area contributed by atoms with Gasteiger partial charge in [-0.25, -0.2) is 0 Å². The molecule has 3 aliphatic rings. The van der Waals surface area contributed by atoms with Gasteiger partial charge in [0.05, 0.1) is 19.8 Å². The third kappa shape index (κ3) is 3.48. The summed E-state index contributed by atoms with van der Waals surface area (Å²) in [6, 6.07) is 1.90. The van der Waals surface area contributed by atoms with Gasteiger partial charge in [-0.1, -0.05) is 0 Å². The predicted molar refractivity (Wildman–Crippen MR) is 90.8 cm³/mol. The second-order valence-electron chi connectivity index (χ2n) is 7.28. The second kappa shape index (κ2) is 6.82. The summed E-state index contributed by atoms with van der Waals surface area (Å²) in [5, 5.41) is 10.9. The highest BCUT2D eigenvalue weighted by Gasteiger charge is 2.57. The maximum atomic E-state index is 12.5. The zero-order valence-corrected chi connectivity index (χ0v) is 14.2. The molecule has 1 unspecified atom stereocenters. The smallest absolute Gasteiger partial charge is 0.229 e. The minimum atomic E-state index is 0.148. The Morgan fingerprint density at radius 2 is 2.12 bits per heavy atom. The molecule has 2 N–H and O–H groups in total. The number of aromatic nitrogens is 2. The third-order valence-electron chi connectivity index (χ3n) is 5.75. The van der Waals surface area contributed by atoms with Crippen molar-refractivity contribution >= 4 is 11.7 Å². The van der Waals surface area contributed by atoms with Crippen LogP contribution in [-0.4, -0.2) is 66.5 Å². The first-order valence-corrected chi connectivity index (χ1v) is 9.10. The summed E-state index contributed by atoms with van der Waals surface area (Å²) in [6.45, 7) is 7.51. The number of ether oxygens (including phenoxy) is 1. The van der Waals surface area contributed by atoms with Gasteiger partial charge in [0.1, 0.15) is 0 Å². The highest BCUT2D eigenvalue weighted by atomic mass is 16.5. The number of amides is 1. The lowest BCUT2D eigenvalue weighted by atomic mass is 9.92. The van der Waals surface area contributed by atoms with Crippen LogP contribution in [0.25, 0.3) is 0 Å². The van der Waals surface area contributed by atoms with E-state index in [2.05, 4.69) is 20.6 Å². The van der Waals surface area contributed by atoms with E-state index in [4.69, 9.17) is 4.74 Å². The summed E-state index contributed by atoms with van der Waals surface area (Å²) in [5.41, 5.74) is 0.272. The molecular weight excluding hydrogens is 306 g/mol. The molecule has 1 saturated carbocycles. The van der Waals surface area contributed by atoms with Crippen molar-refractivity contribution in [2.75, 3.05) is 51.3 Å². The van der Waals surface area contributed by atoms with E-state index in [1.165, 1.54) is 0 Å². The molecule has 132 valence electrons. The molecule has 1 spiro atoms. The van der Waals surface area contributed by atoms with Crippen LogP contribution in [0, 0.1) is 11.3 Å². The van der Waals surface area contributed by atoms with Crippen LogP contribution in [0.4, 0.5) is 5.82 Å². The van der Waals surface area contributed by atoms with Crippen molar-refractivity contribution in [1.82, 2.24) is 20.0 Å². The van der Waals surface area contributed by atoms with Crippen molar-refractivity contribution < 1.29 is 9.53 Å². The van der Waals surface area contributed by atoms with Gasteiger partial charge < -0.3 is 15.4 Å². The quantitative estimate of drug-likeness (QED) is 0.823. The van der Waals surface area contributed by atoms with Crippen LogP contribution in [0.5, 0.6) is 0 Å². The van der Waals surface area contributed by atoms with E-state index in [1.54, 1.807) is 0 Å². The SMILES string of the molecule is O=C(Nc1ccn(CCN2CCOCC2)n1)C1CC12CCNCC2. The van der Waals surface area contributed by atoms with Crippen molar-refractivity contribution in [3.05, 3.63) is 12.3 Å². The first-order valence-electron chi connectivity index (χ1n) is 9.10. The lowest BCUT2D eigenvalue weighted by Crippen LogP contribution is -2.38. The van der Waals surface area contributed by atoms with Gasteiger partial charge >= 0.3 is 0 Å². The first kappa shape index (κ1) is 16.1. The van der Waals surface area contributed by atoms with Crippen molar-refractivity contribution in [2.24, 2.45) is 11.3 Å². The zero-order valence-electron chi connectivity index (χ0n) is 14.2. The Hall–Kier alpha value is -1.44. The van der Waals surface area contributed by atoms with E-state index in [1.807, 2.05) is 16.9 Å². The van der Waals surface area contributed by atoms with Crippen LogP contribution in [-0.2, 0) is 16.1 Å². The number of hydrogen-bond donors (Lipinski definition) is 2. The maximum absolute atomic E-state index is 12.5. The summed E-state index contributed by atoms with van der Waals surface area (Å²) in [5.74, 6) is 1.01. The van der Waals surface area contributed by atoms with E-state index in [0.29, 0.717) is 5.82 Å². The average molecular weight is 333 g/mol. The molecule has 1 aliphatic carbocycles. The Bertz CT molecular complexity index is 575. The van der Waals surface area contributed by atoms with E-state index >= 15 is 0 Å². The number of nitrogens with zero attached hydrogens (tertiary/aromatic N) is 3. The van der Waals surface area contributed by atoms with Gasteiger partial charge in [0.25, 0.3) is 0 Å². The summed E-state index contributed by atoms with van der Waals surface area (Å²) >= 11 is 0. The summed E-state index contributed by atoms with van der Waals surface area (Å²) in [4.78, 5) is 14.8. The molecule has 1 aromatic heterocycles. The molecular formula is C17H27N5O2. The van der Waals surface area contributed by atoms with E-state index in [0.717, 1.165) is 71.7 Å². The molecule has 2 aliphatic heterocycles. The van der Waals surface area contributed by atoms with E-state index in [9.17, 15) is 4.79 Å². The Morgan fingerprint density at radius 1 is 1.33 bits per heavy atom.